The van der Waals surface area contributed by atoms with Crippen LogP contribution >= 0.6 is 22.9 Å². The van der Waals surface area contributed by atoms with Gasteiger partial charge in [0, 0.05) is 5.02 Å². The second kappa shape index (κ2) is 6.58. The van der Waals surface area contributed by atoms with Crippen molar-refractivity contribution >= 4 is 39.6 Å². The number of hydrogen-bond donors (Lipinski definition) is 1. The highest BCUT2D eigenvalue weighted by Gasteiger charge is 2.17. The van der Waals surface area contributed by atoms with E-state index in [1.807, 2.05) is 0 Å². The molecule has 0 aliphatic heterocycles. The highest BCUT2D eigenvalue weighted by molar-refractivity contribution is 7.14. The van der Waals surface area contributed by atoms with Crippen molar-refractivity contribution in [2.24, 2.45) is 0 Å². The number of nitrogens with one attached hydrogen (secondary N) is 1. The molecule has 2 aromatic rings. The Labute approximate surface area is 125 Å². The maximum Gasteiger partial charge on any atom is 0.360 e. The molecule has 0 aliphatic rings. The van der Waals surface area contributed by atoms with Crippen LogP contribution in [0.1, 0.15) is 17.4 Å². The van der Waals surface area contributed by atoms with Crippen LogP contribution in [0.2, 0.25) is 5.02 Å². The van der Waals surface area contributed by atoms with Gasteiger partial charge in [-0.2, -0.15) is 0 Å². The predicted molar refractivity (Wildman–Crippen MR) is 79.4 cm³/mol. The normalized spacial score (nSPS) is 10.2. The molecule has 0 saturated heterocycles. The van der Waals surface area contributed by atoms with Crippen LogP contribution in [0.25, 0.3) is 0 Å². The number of ether oxygens (including phenoxy) is 2. The van der Waals surface area contributed by atoms with E-state index in [4.69, 9.17) is 21.1 Å². The second-order valence-electron chi connectivity index (χ2n) is 3.72. The number of esters is 1. The summed E-state index contributed by atoms with van der Waals surface area (Å²) in [7, 11) is 1.56. The number of benzene rings is 1. The molecule has 0 bridgehead atoms. The van der Waals surface area contributed by atoms with Gasteiger partial charge < -0.3 is 14.8 Å². The van der Waals surface area contributed by atoms with E-state index in [2.05, 4.69) is 10.3 Å². The van der Waals surface area contributed by atoms with Gasteiger partial charge in [-0.05, 0) is 25.1 Å². The van der Waals surface area contributed by atoms with E-state index in [-0.39, 0.29) is 5.69 Å². The molecule has 106 valence electrons. The molecule has 0 fully saturated rings. The Hall–Kier alpha value is -1.79. The SMILES string of the molecule is CCOC(=O)c1ncsc1Nc1cc(Cl)ccc1OC. The van der Waals surface area contributed by atoms with Crippen LogP contribution in [-0.4, -0.2) is 24.7 Å². The molecule has 0 unspecified atom stereocenters. The van der Waals surface area contributed by atoms with Crippen LogP contribution in [0.5, 0.6) is 5.75 Å². The Balaban J connectivity index is 2.29. The first-order chi connectivity index (χ1) is 9.65. The van der Waals surface area contributed by atoms with Crippen molar-refractivity contribution < 1.29 is 14.3 Å². The Morgan fingerprint density at radius 2 is 2.30 bits per heavy atom. The zero-order valence-electron chi connectivity index (χ0n) is 11.0. The van der Waals surface area contributed by atoms with Gasteiger partial charge in [0.05, 0.1) is 24.9 Å². The van der Waals surface area contributed by atoms with Crippen LogP contribution in [0.15, 0.2) is 23.7 Å². The molecule has 7 heteroatoms. The van der Waals surface area contributed by atoms with Gasteiger partial charge in [-0.1, -0.05) is 11.6 Å². The van der Waals surface area contributed by atoms with Crippen molar-refractivity contribution in [2.75, 3.05) is 19.0 Å². The number of methoxy groups -OCH3 is 1. The first-order valence-electron chi connectivity index (χ1n) is 5.87. The van der Waals surface area contributed by atoms with Crippen molar-refractivity contribution in [1.82, 2.24) is 4.98 Å². The summed E-state index contributed by atoms with van der Waals surface area (Å²) in [6.45, 7) is 2.05. The summed E-state index contributed by atoms with van der Waals surface area (Å²) >= 11 is 7.27. The fourth-order valence-corrected chi connectivity index (χ4v) is 2.43. The number of carbonyl (C=O) groups excluding carboxylic acids is 1. The van der Waals surface area contributed by atoms with E-state index in [1.54, 1.807) is 37.7 Å². The zero-order chi connectivity index (χ0) is 14.5. The number of anilines is 2. The summed E-state index contributed by atoms with van der Waals surface area (Å²) in [6, 6.07) is 5.19. The van der Waals surface area contributed by atoms with Gasteiger partial charge in [0.15, 0.2) is 5.69 Å². The van der Waals surface area contributed by atoms with Gasteiger partial charge in [-0.15, -0.1) is 11.3 Å². The summed E-state index contributed by atoms with van der Waals surface area (Å²) in [5.74, 6) is 0.162. The first-order valence-corrected chi connectivity index (χ1v) is 7.12. The average Bonchev–Trinajstić information content (AvgIpc) is 2.87. The Morgan fingerprint density at radius 1 is 1.50 bits per heavy atom. The van der Waals surface area contributed by atoms with Crippen LogP contribution < -0.4 is 10.1 Å². The lowest BCUT2D eigenvalue weighted by Gasteiger charge is -2.10. The minimum atomic E-state index is -0.461. The van der Waals surface area contributed by atoms with Crippen LogP contribution in [0.3, 0.4) is 0 Å². The summed E-state index contributed by atoms with van der Waals surface area (Å²) in [5.41, 5.74) is 2.49. The van der Waals surface area contributed by atoms with Crippen molar-refractivity contribution in [2.45, 2.75) is 6.92 Å². The number of carbonyl (C=O) groups is 1. The quantitative estimate of drug-likeness (QED) is 0.852. The van der Waals surface area contributed by atoms with E-state index in [9.17, 15) is 4.79 Å². The number of thiazole rings is 1. The van der Waals surface area contributed by atoms with Crippen molar-refractivity contribution in [1.29, 1.82) is 0 Å². The van der Waals surface area contributed by atoms with Gasteiger partial charge in [-0.3, -0.25) is 0 Å². The molecular formula is C13H13ClN2O3S. The number of aromatic nitrogens is 1. The topological polar surface area (TPSA) is 60.5 Å². The molecule has 5 nitrogen and oxygen atoms in total. The highest BCUT2D eigenvalue weighted by Crippen LogP contribution is 2.33. The fraction of sp³-hybridized carbons (Fsp3) is 0.231. The lowest BCUT2D eigenvalue weighted by molar-refractivity contribution is 0.0521. The lowest BCUT2D eigenvalue weighted by Crippen LogP contribution is -2.07. The minimum absolute atomic E-state index is 0.249. The molecule has 0 radical (unpaired) electrons. The average molecular weight is 313 g/mol. The molecule has 1 N–H and O–H groups in total. The molecule has 0 atom stereocenters. The van der Waals surface area contributed by atoms with Gasteiger partial charge in [0.25, 0.3) is 0 Å². The van der Waals surface area contributed by atoms with Gasteiger partial charge >= 0.3 is 5.97 Å². The Morgan fingerprint density at radius 3 is 3.00 bits per heavy atom. The highest BCUT2D eigenvalue weighted by atomic mass is 35.5. The molecule has 0 spiro atoms. The lowest BCUT2D eigenvalue weighted by atomic mass is 10.3. The molecule has 0 saturated carbocycles. The smallest absolute Gasteiger partial charge is 0.360 e. The summed E-state index contributed by atoms with van der Waals surface area (Å²) in [4.78, 5) is 15.8. The van der Waals surface area contributed by atoms with Crippen LogP contribution in [-0.2, 0) is 4.74 Å². The van der Waals surface area contributed by atoms with E-state index in [1.165, 1.54) is 11.3 Å². The second-order valence-corrected chi connectivity index (χ2v) is 5.01. The summed E-state index contributed by atoms with van der Waals surface area (Å²) in [6.07, 6.45) is 0. The maximum absolute atomic E-state index is 11.8. The van der Waals surface area contributed by atoms with E-state index in [0.29, 0.717) is 28.1 Å². The Bertz CT molecular complexity index is 615. The van der Waals surface area contributed by atoms with E-state index < -0.39 is 5.97 Å². The monoisotopic (exact) mass is 312 g/mol. The van der Waals surface area contributed by atoms with Gasteiger partial charge in [0.1, 0.15) is 10.8 Å². The number of rotatable bonds is 5. The van der Waals surface area contributed by atoms with E-state index >= 15 is 0 Å². The number of nitrogens with zero attached hydrogens (tertiary/aromatic N) is 1. The maximum atomic E-state index is 11.8. The third-order valence-corrected chi connectivity index (χ3v) is 3.42. The Kier molecular flexibility index (Phi) is 4.81. The molecule has 0 amide bonds. The standard InChI is InChI=1S/C13H13ClN2O3S/c1-3-19-13(17)11-12(20-7-15-11)16-9-6-8(14)4-5-10(9)18-2/h4-7,16H,3H2,1-2H3. The van der Waals surface area contributed by atoms with Gasteiger partial charge in [-0.25, -0.2) is 9.78 Å². The molecular weight excluding hydrogens is 300 g/mol. The summed E-state index contributed by atoms with van der Waals surface area (Å²) in [5, 5.41) is 4.25. The van der Waals surface area contributed by atoms with Crippen molar-refractivity contribution in [3.63, 3.8) is 0 Å². The molecule has 1 aromatic heterocycles. The molecule has 2 rings (SSSR count). The molecule has 1 aromatic carbocycles. The number of hydrogen-bond acceptors (Lipinski definition) is 6. The van der Waals surface area contributed by atoms with Crippen LogP contribution in [0.4, 0.5) is 10.7 Å². The largest absolute Gasteiger partial charge is 0.495 e. The van der Waals surface area contributed by atoms with Crippen molar-refractivity contribution in [3.05, 3.63) is 34.4 Å². The predicted octanol–water partition coefficient (Wildman–Crippen LogP) is 3.73. The minimum Gasteiger partial charge on any atom is -0.495 e. The fourth-order valence-electron chi connectivity index (χ4n) is 1.58. The van der Waals surface area contributed by atoms with Gasteiger partial charge in [0.2, 0.25) is 0 Å². The third kappa shape index (κ3) is 3.20. The molecule has 20 heavy (non-hydrogen) atoms. The molecule has 0 aliphatic carbocycles. The summed E-state index contributed by atoms with van der Waals surface area (Å²) < 4.78 is 10.2. The third-order valence-electron chi connectivity index (χ3n) is 2.45. The van der Waals surface area contributed by atoms with Crippen LogP contribution in [0, 0.1) is 0 Å². The first kappa shape index (κ1) is 14.6. The zero-order valence-corrected chi connectivity index (χ0v) is 12.5. The molecule has 1 heterocycles. The van der Waals surface area contributed by atoms with Crippen molar-refractivity contribution in [3.8, 4) is 5.75 Å². The van der Waals surface area contributed by atoms with E-state index in [0.717, 1.165) is 0 Å². The number of halogens is 1.